The highest BCUT2D eigenvalue weighted by Gasteiger charge is 2.32. The largest absolute Gasteiger partial charge is 0.783 e. The molecular formula is C24H23ClNO2S-. The molecule has 3 aromatic rings. The summed E-state index contributed by atoms with van der Waals surface area (Å²) in [6.07, 6.45) is 1.81. The second-order valence-corrected chi connectivity index (χ2v) is 8.46. The lowest BCUT2D eigenvalue weighted by Gasteiger charge is -2.48. The van der Waals surface area contributed by atoms with Gasteiger partial charge in [0, 0.05) is 16.3 Å². The lowest BCUT2D eigenvalue weighted by molar-refractivity contribution is 0.272. The van der Waals surface area contributed by atoms with E-state index in [-0.39, 0.29) is 11.4 Å². The number of alkyl halides is 1. The van der Waals surface area contributed by atoms with Crippen LogP contribution in [0.4, 0.5) is 0 Å². The fourth-order valence-corrected chi connectivity index (χ4v) is 5.07. The van der Waals surface area contributed by atoms with E-state index in [1.54, 1.807) is 11.8 Å². The molecule has 0 N–H and O–H groups in total. The van der Waals surface area contributed by atoms with E-state index in [9.17, 15) is 5.21 Å². The van der Waals surface area contributed by atoms with Crippen molar-refractivity contribution in [3.63, 3.8) is 0 Å². The Bertz CT molecular complexity index is 937. The number of hydrogen-bond donors (Lipinski definition) is 0. The smallest absolute Gasteiger partial charge is 0.124 e. The van der Waals surface area contributed by atoms with Gasteiger partial charge >= 0.3 is 0 Å². The van der Waals surface area contributed by atoms with Crippen LogP contribution in [0, 0.1) is 5.21 Å². The average molecular weight is 425 g/mol. The molecule has 150 valence electrons. The van der Waals surface area contributed by atoms with Crippen molar-refractivity contribution in [3.8, 4) is 5.75 Å². The summed E-state index contributed by atoms with van der Waals surface area (Å²) in [5, 5.41) is 14.5. The first-order valence-corrected chi connectivity index (χ1v) is 11.2. The van der Waals surface area contributed by atoms with Crippen LogP contribution in [0.15, 0.2) is 83.8 Å². The maximum Gasteiger partial charge on any atom is 0.124 e. The molecule has 3 aromatic carbocycles. The molecule has 3 nitrogen and oxygen atoms in total. The molecule has 0 radical (unpaired) electrons. The Hall–Kier alpha value is -1.98. The fraction of sp³-hybridized carbons (Fsp3) is 0.250. The van der Waals surface area contributed by atoms with E-state index < -0.39 is 0 Å². The van der Waals surface area contributed by atoms with Gasteiger partial charge in [0.15, 0.2) is 0 Å². The zero-order valence-corrected chi connectivity index (χ0v) is 17.6. The van der Waals surface area contributed by atoms with Crippen molar-refractivity contribution in [1.29, 1.82) is 0 Å². The molecule has 0 spiro atoms. The van der Waals surface area contributed by atoms with Crippen LogP contribution in [0.2, 0.25) is 0 Å². The highest BCUT2D eigenvalue weighted by molar-refractivity contribution is 7.99. The Morgan fingerprint density at radius 3 is 2.34 bits per heavy atom. The summed E-state index contributed by atoms with van der Waals surface area (Å²) >= 11 is 7.36. The monoisotopic (exact) mass is 424 g/mol. The molecule has 0 amide bonds. The van der Waals surface area contributed by atoms with E-state index in [4.69, 9.17) is 16.3 Å². The summed E-state index contributed by atoms with van der Waals surface area (Å²) in [4.78, 5) is 1.13. The number of rotatable bonds is 7. The lowest BCUT2D eigenvalue weighted by Crippen LogP contribution is -2.31. The summed E-state index contributed by atoms with van der Waals surface area (Å²) in [5.41, 5.74) is 2.96. The van der Waals surface area contributed by atoms with Gasteiger partial charge < -0.3 is 15.0 Å². The first kappa shape index (κ1) is 20.3. The van der Waals surface area contributed by atoms with E-state index in [0.717, 1.165) is 40.2 Å². The van der Waals surface area contributed by atoms with E-state index in [1.807, 2.05) is 66.7 Å². The first-order chi connectivity index (χ1) is 14.3. The zero-order chi connectivity index (χ0) is 20.1. The van der Waals surface area contributed by atoms with Gasteiger partial charge in [0.05, 0.1) is 18.0 Å². The summed E-state index contributed by atoms with van der Waals surface area (Å²) in [7, 11) is 0. The third kappa shape index (κ3) is 4.46. The Balaban J connectivity index is 1.69. The van der Waals surface area contributed by atoms with Gasteiger partial charge in [-0.2, -0.15) is 0 Å². The van der Waals surface area contributed by atoms with E-state index in [1.165, 1.54) is 5.06 Å². The van der Waals surface area contributed by atoms with Crippen LogP contribution >= 0.6 is 23.4 Å². The molecule has 0 fully saturated rings. The van der Waals surface area contributed by atoms with Crippen molar-refractivity contribution in [3.05, 3.63) is 101 Å². The van der Waals surface area contributed by atoms with Crippen LogP contribution < -0.4 is 4.74 Å². The third-order valence-electron chi connectivity index (χ3n) is 5.02. The molecule has 0 saturated carbocycles. The minimum atomic E-state index is -0.376. The number of unbranched alkanes of at least 4 members (excludes halogenated alkanes) is 1. The van der Waals surface area contributed by atoms with Gasteiger partial charge in [-0.15, -0.1) is 23.4 Å². The number of hydroxylamine groups is 2. The highest BCUT2D eigenvalue weighted by atomic mass is 35.5. The second-order valence-electron chi connectivity index (χ2n) is 6.96. The molecule has 0 aliphatic carbocycles. The summed E-state index contributed by atoms with van der Waals surface area (Å²) in [6, 6.07) is 25.7. The highest BCUT2D eigenvalue weighted by Crippen LogP contribution is 2.52. The number of fused-ring (bicyclic) bond motifs is 1. The molecular weight excluding hydrogens is 402 g/mol. The molecule has 0 saturated heterocycles. The molecule has 5 heteroatoms. The van der Waals surface area contributed by atoms with Gasteiger partial charge in [0.1, 0.15) is 5.75 Å². The second kappa shape index (κ2) is 9.68. The number of halogens is 1. The van der Waals surface area contributed by atoms with Crippen molar-refractivity contribution in [1.82, 2.24) is 5.06 Å². The van der Waals surface area contributed by atoms with Crippen LogP contribution in [0.3, 0.4) is 0 Å². The predicted octanol–water partition coefficient (Wildman–Crippen LogP) is 6.78. The Kier molecular flexibility index (Phi) is 6.78. The quantitative estimate of drug-likeness (QED) is 0.309. The average Bonchev–Trinajstić information content (AvgIpc) is 2.77. The van der Waals surface area contributed by atoms with Crippen molar-refractivity contribution in [2.24, 2.45) is 0 Å². The Morgan fingerprint density at radius 1 is 0.862 bits per heavy atom. The maximum atomic E-state index is 13.6. The third-order valence-corrected chi connectivity index (χ3v) is 6.60. The molecule has 1 aliphatic heterocycles. The summed E-state index contributed by atoms with van der Waals surface area (Å²) in [6.45, 7) is 0.596. The number of nitrogens with zero attached hydrogens (tertiary/aromatic N) is 1. The van der Waals surface area contributed by atoms with Gasteiger partial charge in [-0.05, 0) is 36.1 Å². The molecule has 29 heavy (non-hydrogen) atoms. The van der Waals surface area contributed by atoms with Crippen molar-refractivity contribution in [2.45, 2.75) is 29.2 Å². The van der Waals surface area contributed by atoms with E-state index in [2.05, 4.69) is 12.1 Å². The SMILES string of the molecule is [O-]N1C(c2ccccc2OCCCCCl)Sc2ccccc2C1c1ccccc1. The van der Waals surface area contributed by atoms with Crippen LogP contribution in [0.25, 0.3) is 0 Å². The van der Waals surface area contributed by atoms with Gasteiger partial charge in [-0.1, -0.05) is 66.7 Å². The molecule has 4 rings (SSSR count). The number of ether oxygens (including phenoxy) is 1. The van der Waals surface area contributed by atoms with E-state index in [0.29, 0.717) is 12.5 Å². The molecule has 1 aliphatic rings. The predicted molar refractivity (Wildman–Crippen MR) is 120 cm³/mol. The van der Waals surface area contributed by atoms with Crippen molar-refractivity contribution < 1.29 is 4.74 Å². The molecule has 2 unspecified atom stereocenters. The Morgan fingerprint density at radius 2 is 1.55 bits per heavy atom. The molecule has 2 atom stereocenters. The van der Waals surface area contributed by atoms with Crippen LogP contribution in [0.1, 0.15) is 40.9 Å². The zero-order valence-electron chi connectivity index (χ0n) is 16.0. The van der Waals surface area contributed by atoms with Crippen molar-refractivity contribution in [2.75, 3.05) is 12.5 Å². The number of hydrogen-bond acceptors (Lipinski definition) is 4. The van der Waals surface area contributed by atoms with Gasteiger partial charge in [0.2, 0.25) is 0 Å². The first-order valence-electron chi connectivity index (χ1n) is 9.83. The number of para-hydroxylation sites is 1. The molecule has 1 heterocycles. The van der Waals surface area contributed by atoms with E-state index >= 15 is 0 Å². The minimum Gasteiger partial charge on any atom is -0.783 e. The molecule has 0 aromatic heterocycles. The number of thioether (sulfide) groups is 1. The van der Waals surface area contributed by atoms with Gasteiger partial charge in [-0.3, -0.25) is 0 Å². The molecule has 0 bridgehead atoms. The maximum absolute atomic E-state index is 13.6. The summed E-state index contributed by atoms with van der Waals surface area (Å²) in [5.74, 6) is 1.40. The van der Waals surface area contributed by atoms with Crippen molar-refractivity contribution >= 4 is 23.4 Å². The van der Waals surface area contributed by atoms with Crippen LogP contribution in [-0.2, 0) is 0 Å². The minimum absolute atomic E-state index is 0.344. The normalized spacial score (nSPS) is 19.0. The van der Waals surface area contributed by atoms with Gasteiger partial charge in [0.25, 0.3) is 0 Å². The summed E-state index contributed by atoms with van der Waals surface area (Å²) < 4.78 is 6.03. The number of benzene rings is 3. The van der Waals surface area contributed by atoms with Gasteiger partial charge in [-0.25, -0.2) is 0 Å². The van der Waals surface area contributed by atoms with Crippen LogP contribution in [-0.4, -0.2) is 17.6 Å². The Labute approximate surface area is 181 Å². The topological polar surface area (TPSA) is 35.5 Å². The standard InChI is InChI=1S/C24H23ClNO2S/c25-16-8-9-17-28-21-14-6-4-12-19(21)24-26(27)23(18-10-2-1-3-11-18)20-13-5-7-15-22(20)29-24/h1-7,10-15,23-24H,8-9,16-17H2/q-1. The van der Waals surface area contributed by atoms with Crippen LogP contribution in [0.5, 0.6) is 5.75 Å². The fourth-order valence-electron chi connectivity index (χ4n) is 3.62. The lowest BCUT2D eigenvalue weighted by atomic mass is 9.97.